The van der Waals surface area contributed by atoms with Crippen molar-refractivity contribution in [2.24, 2.45) is 5.73 Å². The van der Waals surface area contributed by atoms with Gasteiger partial charge < -0.3 is 11.1 Å². The first-order valence-corrected chi connectivity index (χ1v) is 5.13. The van der Waals surface area contributed by atoms with Crippen molar-refractivity contribution >= 4 is 11.6 Å². The van der Waals surface area contributed by atoms with Gasteiger partial charge in [-0.3, -0.25) is 4.79 Å². The maximum absolute atomic E-state index is 13.3. The van der Waals surface area contributed by atoms with Gasteiger partial charge in [0.15, 0.2) is 0 Å². The molecule has 0 heterocycles. The van der Waals surface area contributed by atoms with Gasteiger partial charge in [-0.1, -0.05) is 6.07 Å². The predicted molar refractivity (Wildman–Crippen MR) is 62.7 cm³/mol. The van der Waals surface area contributed by atoms with Gasteiger partial charge in [-0.15, -0.1) is 0 Å². The molecule has 0 bridgehead atoms. The number of carbonyl (C=O) groups excluding carboxylic acids is 1. The zero-order valence-electron chi connectivity index (χ0n) is 9.80. The molecule has 1 amide bonds. The molecule has 3 nitrogen and oxygen atoms in total. The first-order valence-electron chi connectivity index (χ1n) is 5.13. The fraction of sp³-hybridized carbons (Fsp3) is 0.417. The highest BCUT2D eigenvalue weighted by atomic mass is 19.1. The molecule has 0 unspecified atom stereocenters. The van der Waals surface area contributed by atoms with E-state index in [4.69, 9.17) is 5.73 Å². The summed E-state index contributed by atoms with van der Waals surface area (Å²) in [5.74, 6) is -0.717. The van der Waals surface area contributed by atoms with Gasteiger partial charge in [-0.05, 0) is 38.5 Å². The van der Waals surface area contributed by atoms with Gasteiger partial charge in [-0.2, -0.15) is 0 Å². The highest BCUT2D eigenvalue weighted by Gasteiger charge is 2.17. The van der Waals surface area contributed by atoms with Crippen molar-refractivity contribution in [1.29, 1.82) is 0 Å². The Labute approximate surface area is 94.8 Å². The lowest BCUT2D eigenvalue weighted by atomic mass is 10.0. The second kappa shape index (κ2) is 4.61. The molecule has 1 aromatic rings. The summed E-state index contributed by atoms with van der Waals surface area (Å²) in [6, 6.07) is 4.58. The van der Waals surface area contributed by atoms with E-state index in [1.165, 1.54) is 6.07 Å². The largest absolute Gasteiger partial charge is 0.325 e. The fourth-order valence-corrected chi connectivity index (χ4v) is 1.34. The predicted octanol–water partition coefficient (Wildman–Crippen LogP) is 2.20. The molecular formula is C12H17FN2O. The van der Waals surface area contributed by atoms with Gasteiger partial charge >= 0.3 is 0 Å². The molecule has 0 aliphatic rings. The summed E-state index contributed by atoms with van der Waals surface area (Å²) in [6.07, 6.45) is 0.153. The van der Waals surface area contributed by atoms with Gasteiger partial charge in [0, 0.05) is 12.0 Å². The molecule has 16 heavy (non-hydrogen) atoms. The van der Waals surface area contributed by atoms with Gasteiger partial charge in [0.1, 0.15) is 5.82 Å². The van der Waals surface area contributed by atoms with E-state index in [2.05, 4.69) is 5.32 Å². The van der Waals surface area contributed by atoms with Crippen LogP contribution in [0.5, 0.6) is 0 Å². The molecule has 0 fully saturated rings. The minimum Gasteiger partial charge on any atom is -0.325 e. The van der Waals surface area contributed by atoms with Crippen molar-refractivity contribution in [3.05, 3.63) is 29.6 Å². The van der Waals surface area contributed by atoms with Crippen LogP contribution in [0.4, 0.5) is 10.1 Å². The highest BCUT2D eigenvalue weighted by Crippen LogP contribution is 2.16. The van der Waals surface area contributed by atoms with Crippen molar-refractivity contribution in [3.8, 4) is 0 Å². The van der Waals surface area contributed by atoms with Crippen molar-refractivity contribution in [1.82, 2.24) is 0 Å². The number of hydrogen-bond acceptors (Lipinski definition) is 2. The molecule has 0 aromatic heterocycles. The molecule has 0 aliphatic heterocycles. The second-order valence-electron chi connectivity index (χ2n) is 4.70. The molecule has 1 aromatic carbocycles. The first kappa shape index (κ1) is 12.6. The summed E-state index contributed by atoms with van der Waals surface area (Å²) in [5, 5.41) is 2.51. The average molecular weight is 224 g/mol. The topological polar surface area (TPSA) is 55.1 Å². The van der Waals surface area contributed by atoms with Crippen molar-refractivity contribution in [2.45, 2.75) is 32.7 Å². The fourth-order valence-electron chi connectivity index (χ4n) is 1.34. The molecule has 88 valence electrons. The van der Waals surface area contributed by atoms with Crippen LogP contribution >= 0.6 is 0 Å². The van der Waals surface area contributed by atoms with Crippen LogP contribution in [-0.2, 0) is 4.79 Å². The quantitative estimate of drug-likeness (QED) is 0.827. The number of aryl methyl sites for hydroxylation is 1. The second-order valence-corrected chi connectivity index (χ2v) is 4.70. The van der Waals surface area contributed by atoms with Crippen molar-refractivity contribution in [2.75, 3.05) is 5.32 Å². The maximum Gasteiger partial charge on any atom is 0.226 e. The summed E-state index contributed by atoms with van der Waals surface area (Å²) in [5.41, 5.74) is 6.21. The third kappa shape index (κ3) is 3.98. The number of halogens is 1. The Kier molecular flexibility index (Phi) is 3.65. The number of rotatable bonds is 3. The van der Waals surface area contributed by atoms with E-state index < -0.39 is 11.4 Å². The standard InChI is InChI=1S/C12H17FN2O/c1-8-4-5-9(13)10(6-8)15-11(16)7-12(2,3)14/h4-6H,7,14H2,1-3H3,(H,15,16). The lowest BCUT2D eigenvalue weighted by Crippen LogP contribution is -2.36. The summed E-state index contributed by atoms with van der Waals surface area (Å²) in [6.45, 7) is 5.33. The Morgan fingerprint density at radius 3 is 2.69 bits per heavy atom. The molecule has 0 atom stereocenters. The van der Waals surface area contributed by atoms with Crippen LogP contribution in [0.2, 0.25) is 0 Å². The lowest BCUT2D eigenvalue weighted by Gasteiger charge is -2.17. The number of amides is 1. The monoisotopic (exact) mass is 224 g/mol. The van der Waals surface area contributed by atoms with Gasteiger partial charge in [0.05, 0.1) is 5.69 Å². The Balaban J connectivity index is 2.73. The normalized spacial score (nSPS) is 11.3. The Hall–Kier alpha value is -1.42. The van der Waals surface area contributed by atoms with Crippen LogP contribution in [0.3, 0.4) is 0 Å². The molecule has 4 heteroatoms. The van der Waals surface area contributed by atoms with E-state index in [0.717, 1.165) is 5.56 Å². The van der Waals surface area contributed by atoms with E-state index in [-0.39, 0.29) is 18.0 Å². The zero-order valence-corrected chi connectivity index (χ0v) is 9.80. The van der Waals surface area contributed by atoms with E-state index >= 15 is 0 Å². The van der Waals surface area contributed by atoms with Crippen molar-refractivity contribution in [3.63, 3.8) is 0 Å². The van der Waals surface area contributed by atoms with Gasteiger partial charge in [-0.25, -0.2) is 4.39 Å². The maximum atomic E-state index is 13.3. The van der Waals surface area contributed by atoms with E-state index in [1.54, 1.807) is 26.0 Å². The molecular weight excluding hydrogens is 207 g/mol. The zero-order chi connectivity index (χ0) is 12.3. The molecule has 0 spiro atoms. The number of nitrogens with two attached hydrogens (primary N) is 1. The van der Waals surface area contributed by atoms with Crippen LogP contribution in [0, 0.1) is 12.7 Å². The summed E-state index contributed by atoms with van der Waals surface area (Å²) < 4.78 is 13.3. The molecule has 3 N–H and O–H groups in total. The Morgan fingerprint density at radius 2 is 2.12 bits per heavy atom. The van der Waals surface area contributed by atoms with E-state index in [1.807, 2.05) is 6.92 Å². The van der Waals surface area contributed by atoms with Crippen LogP contribution in [0.1, 0.15) is 25.8 Å². The molecule has 0 saturated heterocycles. The smallest absolute Gasteiger partial charge is 0.226 e. The molecule has 0 saturated carbocycles. The summed E-state index contributed by atoms with van der Waals surface area (Å²) in [7, 11) is 0. The molecule has 0 radical (unpaired) electrons. The van der Waals surface area contributed by atoms with Crippen LogP contribution in [0.25, 0.3) is 0 Å². The summed E-state index contributed by atoms with van der Waals surface area (Å²) in [4.78, 5) is 11.5. The number of hydrogen-bond donors (Lipinski definition) is 2. The van der Waals surface area contributed by atoms with Gasteiger partial charge in [0.2, 0.25) is 5.91 Å². The molecule has 0 aliphatic carbocycles. The SMILES string of the molecule is Cc1ccc(F)c(NC(=O)CC(C)(C)N)c1. The Bertz CT molecular complexity index is 396. The van der Waals surface area contributed by atoms with E-state index in [0.29, 0.717) is 0 Å². The number of benzene rings is 1. The van der Waals surface area contributed by atoms with Gasteiger partial charge in [0.25, 0.3) is 0 Å². The first-order chi connectivity index (χ1) is 7.28. The minimum absolute atomic E-state index is 0.153. The molecule has 1 rings (SSSR count). The Morgan fingerprint density at radius 1 is 1.50 bits per heavy atom. The highest BCUT2D eigenvalue weighted by molar-refractivity contribution is 5.91. The number of carbonyl (C=O) groups is 1. The van der Waals surface area contributed by atoms with Crippen molar-refractivity contribution < 1.29 is 9.18 Å². The van der Waals surface area contributed by atoms with Crippen LogP contribution in [-0.4, -0.2) is 11.4 Å². The third-order valence-electron chi connectivity index (χ3n) is 2.01. The van der Waals surface area contributed by atoms with E-state index in [9.17, 15) is 9.18 Å². The lowest BCUT2D eigenvalue weighted by molar-refractivity contribution is -0.117. The number of nitrogens with one attached hydrogen (secondary N) is 1. The minimum atomic E-state index is -0.593. The summed E-state index contributed by atoms with van der Waals surface area (Å²) >= 11 is 0. The third-order valence-corrected chi connectivity index (χ3v) is 2.01. The average Bonchev–Trinajstić information content (AvgIpc) is 2.08. The van der Waals surface area contributed by atoms with Crippen LogP contribution < -0.4 is 11.1 Å². The van der Waals surface area contributed by atoms with Crippen LogP contribution in [0.15, 0.2) is 18.2 Å². The number of anilines is 1.